The second-order valence-electron chi connectivity index (χ2n) is 10.9. The van der Waals surface area contributed by atoms with Crippen LogP contribution in [0, 0.1) is 11.8 Å². The monoisotopic (exact) mass is 676 g/mol. The van der Waals surface area contributed by atoms with Gasteiger partial charge >= 0.3 is 0 Å². The van der Waals surface area contributed by atoms with Gasteiger partial charge in [0, 0.05) is 52.4 Å². The summed E-state index contributed by atoms with van der Waals surface area (Å²) >= 11 is 0. The van der Waals surface area contributed by atoms with Crippen LogP contribution in [0.15, 0.2) is 0 Å². The quantitative estimate of drug-likeness (QED) is 0.107. The first-order chi connectivity index (χ1) is 20.5. The average Bonchev–Trinajstić information content (AvgIpc) is 2.99. The second kappa shape index (κ2) is 22.9. The molecule has 4 atom stereocenters. The summed E-state index contributed by atoms with van der Waals surface area (Å²) in [7, 11) is -8.59. The summed E-state index contributed by atoms with van der Waals surface area (Å²) < 4.78 is 65.9. The highest BCUT2D eigenvalue weighted by atomic mass is 32.2. The van der Waals surface area contributed by atoms with Crippen LogP contribution in [-0.4, -0.2) is 150 Å². The Morgan fingerprint density at radius 1 is 0.705 bits per heavy atom. The molecule has 2 aliphatic rings. The minimum absolute atomic E-state index is 0.0346. The Morgan fingerprint density at radius 2 is 1.00 bits per heavy atom. The van der Waals surface area contributed by atoms with Crippen molar-refractivity contribution in [1.29, 1.82) is 0 Å². The van der Waals surface area contributed by atoms with Gasteiger partial charge in [-0.3, -0.25) is 28.5 Å². The van der Waals surface area contributed by atoms with Crippen molar-refractivity contribution in [3.63, 3.8) is 0 Å². The van der Waals surface area contributed by atoms with Crippen LogP contribution >= 0.6 is 0 Å². The number of nitrogens with one attached hydrogen (secondary N) is 2. The lowest BCUT2D eigenvalue weighted by Crippen LogP contribution is -2.47. The zero-order valence-corrected chi connectivity index (χ0v) is 28.3. The molecule has 2 amide bonds. The van der Waals surface area contributed by atoms with E-state index in [1.54, 1.807) is 0 Å². The first kappa shape index (κ1) is 42.5. The molecule has 0 aromatic carbocycles. The summed E-state index contributed by atoms with van der Waals surface area (Å²) in [5, 5.41) is 5.80. The molecule has 2 saturated heterocycles. The smallest absolute Gasteiger partial charge is 0.265 e. The summed E-state index contributed by atoms with van der Waals surface area (Å²) in [5.74, 6) is -1.56. The Morgan fingerprint density at radius 3 is 1.25 bits per heavy atom. The third kappa shape index (κ3) is 22.1. The number of rotatable bonds is 15. The van der Waals surface area contributed by atoms with Crippen LogP contribution < -0.4 is 22.1 Å². The van der Waals surface area contributed by atoms with Crippen molar-refractivity contribution in [3.8, 4) is 0 Å². The lowest BCUT2D eigenvalue weighted by molar-refractivity contribution is -0.124. The maximum Gasteiger partial charge on any atom is 0.265 e. The first-order valence-corrected chi connectivity index (χ1v) is 18.3. The van der Waals surface area contributed by atoms with Gasteiger partial charge in [-0.25, -0.2) is 0 Å². The Labute approximate surface area is 263 Å². The lowest BCUT2D eigenvalue weighted by atomic mass is 9.99. The largest absolute Gasteiger partial charge is 0.379 e. The number of ether oxygens (including phenoxy) is 2. The minimum Gasteiger partial charge on any atom is -0.379 e. The van der Waals surface area contributed by atoms with Crippen molar-refractivity contribution in [2.75, 3.05) is 90.3 Å². The maximum absolute atomic E-state index is 11.7. The van der Waals surface area contributed by atoms with Gasteiger partial charge in [-0.2, -0.15) is 16.8 Å². The summed E-state index contributed by atoms with van der Waals surface area (Å²) in [6.45, 7) is 18.2. The zero-order valence-electron chi connectivity index (χ0n) is 26.6. The van der Waals surface area contributed by atoms with Gasteiger partial charge in [-0.05, 0) is 11.8 Å². The van der Waals surface area contributed by atoms with Gasteiger partial charge in [0.1, 0.15) is 0 Å². The molecule has 0 aromatic rings. The Kier molecular flexibility index (Phi) is 22.2. The highest BCUT2D eigenvalue weighted by Gasteiger charge is 2.20. The zero-order chi connectivity index (χ0) is 33.8. The van der Waals surface area contributed by atoms with Crippen LogP contribution in [0.25, 0.3) is 0 Å². The maximum atomic E-state index is 11.7. The Bertz CT molecular complexity index is 927. The van der Waals surface area contributed by atoms with E-state index in [2.05, 4.69) is 20.4 Å². The molecule has 16 nitrogen and oxygen atoms in total. The van der Waals surface area contributed by atoms with Gasteiger partial charge < -0.3 is 31.6 Å². The molecule has 0 spiro atoms. The molecule has 0 radical (unpaired) electrons. The van der Waals surface area contributed by atoms with E-state index in [0.29, 0.717) is 13.1 Å². The number of hydrogen-bond donors (Lipinski definition) is 6. The van der Waals surface area contributed by atoms with Crippen LogP contribution in [0.5, 0.6) is 0 Å². The third-order valence-electron chi connectivity index (χ3n) is 7.38. The molecule has 0 bridgehead atoms. The molecule has 4 unspecified atom stereocenters. The number of hydrogen-bond acceptors (Lipinski definition) is 12. The van der Waals surface area contributed by atoms with Gasteiger partial charge in [-0.1, -0.05) is 40.5 Å². The predicted molar refractivity (Wildman–Crippen MR) is 168 cm³/mol. The van der Waals surface area contributed by atoms with E-state index in [-0.39, 0.29) is 35.7 Å². The number of amides is 2. The summed E-state index contributed by atoms with van der Waals surface area (Å²) in [6.07, 6.45) is 1.86. The average molecular weight is 677 g/mol. The number of morpholine rings is 2. The molecule has 2 fully saturated rings. The highest BCUT2D eigenvalue weighted by molar-refractivity contribution is 7.89. The summed E-state index contributed by atoms with van der Waals surface area (Å²) in [4.78, 5) is 28.0. The van der Waals surface area contributed by atoms with Gasteiger partial charge in [-0.15, -0.1) is 0 Å². The van der Waals surface area contributed by atoms with E-state index in [9.17, 15) is 26.4 Å². The first-order valence-electron chi connectivity index (χ1n) is 15.1. The van der Waals surface area contributed by atoms with E-state index >= 15 is 0 Å². The topological polar surface area (TPSA) is 244 Å². The molecule has 2 aliphatic heterocycles. The molecule has 0 aromatic heterocycles. The van der Waals surface area contributed by atoms with E-state index in [4.69, 9.17) is 30.0 Å². The molecular weight excluding hydrogens is 620 g/mol. The molecule has 0 saturated carbocycles. The SMILES string of the molecule is CCC(C)C(N)C(=O)NCCN1CCOCC1.CCC(C)C(N)C(=O)NCCN1CCOCC1.O=S(=O)(O)CCS(=O)(=O)O. The third-order valence-corrected chi connectivity index (χ3v) is 9.08. The minimum atomic E-state index is -4.30. The van der Waals surface area contributed by atoms with Crippen LogP contribution in [0.1, 0.15) is 40.5 Å². The fourth-order valence-corrected chi connectivity index (χ4v) is 5.48. The van der Waals surface area contributed by atoms with Crippen LogP contribution in [0.3, 0.4) is 0 Å². The number of nitrogens with two attached hydrogens (primary N) is 2. The van der Waals surface area contributed by atoms with Gasteiger partial charge in [0.2, 0.25) is 11.8 Å². The standard InChI is InChI=1S/2C12H25N3O2.C2H6O6S2/c2*1-3-10(2)11(13)12(16)14-4-5-15-6-8-17-9-7-15;3-9(4,5)1-2-10(6,7)8/h2*10-11H,3-9,13H2,1-2H3,(H,14,16);1-2H2,(H,3,4,5)(H,6,7,8). The van der Waals surface area contributed by atoms with Crippen molar-refractivity contribution >= 4 is 32.1 Å². The molecule has 0 aliphatic carbocycles. The number of nitrogens with zero attached hydrogens (tertiary/aromatic N) is 2. The Hall–Kier alpha value is -1.48. The van der Waals surface area contributed by atoms with Crippen molar-refractivity contribution in [3.05, 3.63) is 0 Å². The lowest BCUT2D eigenvalue weighted by Gasteiger charge is -2.27. The van der Waals surface area contributed by atoms with Crippen molar-refractivity contribution in [1.82, 2.24) is 20.4 Å². The van der Waals surface area contributed by atoms with Gasteiger partial charge in [0.15, 0.2) is 0 Å². The molecule has 262 valence electrons. The highest BCUT2D eigenvalue weighted by Crippen LogP contribution is 2.06. The van der Waals surface area contributed by atoms with Crippen molar-refractivity contribution in [2.24, 2.45) is 23.3 Å². The number of carbonyl (C=O) groups is 2. The van der Waals surface area contributed by atoms with Crippen molar-refractivity contribution < 1.29 is 45.0 Å². The second-order valence-corrected chi connectivity index (χ2v) is 14.0. The predicted octanol–water partition coefficient (Wildman–Crippen LogP) is -1.62. The van der Waals surface area contributed by atoms with Crippen LogP contribution in [0.4, 0.5) is 0 Å². The van der Waals surface area contributed by atoms with E-state index in [0.717, 1.165) is 78.5 Å². The fourth-order valence-electron chi connectivity index (χ4n) is 3.79. The van der Waals surface area contributed by atoms with E-state index in [1.807, 2.05) is 27.7 Å². The van der Waals surface area contributed by atoms with Crippen LogP contribution in [0.2, 0.25) is 0 Å². The molecule has 18 heteroatoms. The van der Waals surface area contributed by atoms with E-state index in [1.165, 1.54) is 0 Å². The summed E-state index contributed by atoms with van der Waals surface area (Å²) in [5.41, 5.74) is 11.7. The Balaban J connectivity index is 0.000000655. The number of carbonyl (C=O) groups excluding carboxylic acids is 2. The summed E-state index contributed by atoms with van der Waals surface area (Å²) in [6, 6.07) is -0.769. The van der Waals surface area contributed by atoms with E-state index < -0.39 is 31.7 Å². The molecule has 2 heterocycles. The van der Waals surface area contributed by atoms with Crippen LogP contribution in [-0.2, 0) is 39.3 Å². The van der Waals surface area contributed by atoms with Crippen molar-refractivity contribution in [2.45, 2.75) is 52.6 Å². The molecule has 44 heavy (non-hydrogen) atoms. The molecule has 8 N–H and O–H groups in total. The normalized spacial score (nSPS) is 19.2. The molecule has 2 rings (SSSR count). The molecular formula is C26H56N6O10S2. The van der Waals surface area contributed by atoms with Gasteiger partial charge in [0.05, 0.1) is 50.0 Å². The fraction of sp³-hybridized carbons (Fsp3) is 0.923. The van der Waals surface area contributed by atoms with Gasteiger partial charge in [0.25, 0.3) is 20.2 Å².